The highest BCUT2D eigenvalue weighted by Gasteiger charge is 2.20. The van der Waals surface area contributed by atoms with Crippen molar-refractivity contribution < 1.29 is 9.48 Å². The van der Waals surface area contributed by atoms with Crippen molar-refractivity contribution in [3.8, 4) is 0 Å². The van der Waals surface area contributed by atoms with Crippen molar-refractivity contribution in [3.63, 3.8) is 0 Å². The molecule has 0 radical (unpaired) electrons. The quantitative estimate of drug-likeness (QED) is 0.753. The standard InChI is InChI=1S/C10H9BrN2O/c11-9-3-1-2-8(6-9)7-13-5-4-10(14)12-13/h1-3,6-7H,4-5H2/p+1/b13-7-. The Kier molecular flexibility index (Phi) is 2.63. The monoisotopic (exact) mass is 253 g/mol. The Balaban J connectivity index is 2.21. The molecule has 0 saturated carbocycles. The second-order valence-electron chi connectivity index (χ2n) is 3.16. The molecule has 1 saturated heterocycles. The lowest BCUT2D eigenvalue weighted by Gasteiger charge is -1.93. The minimum atomic E-state index is 0.0799. The van der Waals surface area contributed by atoms with Crippen LogP contribution < -0.4 is 5.43 Å². The van der Waals surface area contributed by atoms with Crippen LogP contribution in [0.2, 0.25) is 0 Å². The summed E-state index contributed by atoms with van der Waals surface area (Å²) in [5.41, 5.74) is 3.82. The zero-order chi connectivity index (χ0) is 9.97. The summed E-state index contributed by atoms with van der Waals surface area (Å²) >= 11 is 3.40. The van der Waals surface area contributed by atoms with Gasteiger partial charge in [0.2, 0.25) is 6.21 Å². The van der Waals surface area contributed by atoms with Gasteiger partial charge in [-0.1, -0.05) is 22.0 Å². The number of hydrazone groups is 1. The molecule has 1 heterocycles. The minimum absolute atomic E-state index is 0.0799. The third-order valence-electron chi connectivity index (χ3n) is 2.00. The molecule has 14 heavy (non-hydrogen) atoms. The number of carbonyl (C=O) groups excluding carboxylic acids is 1. The molecule has 1 aliphatic heterocycles. The molecule has 1 fully saturated rings. The van der Waals surface area contributed by atoms with E-state index in [4.69, 9.17) is 0 Å². The van der Waals surface area contributed by atoms with E-state index in [-0.39, 0.29) is 5.91 Å². The van der Waals surface area contributed by atoms with Crippen molar-refractivity contribution in [2.24, 2.45) is 0 Å². The van der Waals surface area contributed by atoms with Crippen molar-refractivity contribution >= 4 is 28.1 Å². The molecule has 0 aliphatic carbocycles. The Morgan fingerprint density at radius 1 is 1.50 bits per heavy atom. The van der Waals surface area contributed by atoms with E-state index in [1.165, 1.54) is 0 Å². The van der Waals surface area contributed by atoms with Gasteiger partial charge in [-0.15, -0.1) is 10.1 Å². The number of carbonyl (C=O) groups is 1. The molecule has 1 aromatic rings. The van der Waals surface area contributed by atoms with Gasteiger partial charge in [0, 0.05) is 10.0 Å². The van der Waals surface area contributed by atoms with Crippen LogP contribution in [0.5, 0.6) is 0 Å². The fourth-order valence-electron chi connectivity index (χ4n) is 1.36. The summed E-state index contributed by atoms with van der Waals surface area (Å²) in [4.78, 5) is 10.9. The Morgan fingerprint density at radius 3 is 3.00 bits per heavy atom. The van der Waals surface area contributed by atoms with Gasteiger partial charge in [0.1, 0.15) is 0 Å². The van der Waals surface area contributed by atoms with Crippen LogP contribution in [0.15, 0.2) is 28.7 Å². The molecule has 0 atom stereocenters. The van der Waals surface area contributed by atoms with Crippen LogP contribution in [0.1, 0.15) is 12.0 Å². The van der Waals surface area contributed by atoms with E-state index in [2.05, 4.69) is 21.4 Å². The lowest BCUT2D eigenvalue weighted by Crippen LogP contribution is -2.25. The molecule has 2 rings (SSSR count). The summed E-state index contributed by atoms with van der Waals surface area (Å²) in [7, 11) is 0. The van der Waals surface area contributed by atoms with Crippen LogP contribution in [0.3, 0.4) is 0 Å². The normalized spacial score (nSPS) is 18.6. The molecule has 0 bridgehead atoms. The number of benzene rings is 1. The summed E-state index contributed by atoms with van der Waals surface area (Å²) < 4.78 is 2.85. The van der Waals surface area contributed by atoms with Gasteiger partial charge in [-0.3, -0.25) is 4.79 Å². The summed E-state index contributed by atoms with van der Waals surface area (Å²) in [6.07, 6.45) is 2.50. The van der Waals surface area contributed by atoms with Crippen molar-refractivity contribution in [3.05, 3.63) is 34.3 Å². The van der Waals surface area contributed by atoms with Gasteiger partial charge in [-0.05, 0) is 18.2 Å². The highest BCUT2D eigenvalue weighted by Crippen LogP contribution is 2.10. The number of hydrogen-bond acceptors (Lipinski definition) is 1. The Labute approximate surface area is 90.5 Å². The zero-order valence-corrected chi connectivity index (χ0v) is 9.12. The number of halogens is 1. The predicted molar refractivity (Wildman–Crippen MR) is 57.2 cm³/mol. The molecular weight excluding hydrogens is 244 g/mol. The van der Waals surface area contributed by atoms with Crippen LogP contribution in [0.4, 0.5) is 0 Å². The van der Waals surface area contributed by atoms with Gasteiger partial charge in [0.25, 0.3) is 5.91 Å². The average molecular weight is 254 g/mol. The Morgan fingerprint density at radius 2 is 2.36 bits per heavy atom. The van der Waals surface area contributed by atoms with E-state index in [0.29, 0.717) is 6.42 Å². The molecule has 1 aliphatic rings. The molecule has 72 valence electrons. The van der Waals surface area contributed by atoms with Gasteiger partial charge in [-0.25, -0.2) is 0 Å². The Bertz CT molecular complexity index is 401. The minimum Gasteiger partial charge on any atom is -0.269 e. The van der Waals surface area contributed by atoms with Gasteiger partial charge >= 0.3 is 0 Å². The van der Waals surface area contributed by atoms with Crippen molar-refractivity contribution in [2.75, 3.05) is 6.54 Å². The zero-order valence-electron chi connectivity index (χ0n) is 7.53. The lowest BCUT2D eigenvalue weighted by atomic mass is 10.2. The van der Waals surface area contributed by atoms with Crippen LogP contribution in [0.25, 0.3) is 0 Å². The maximum atomic E-state index is 10.9. The summed E-state index contributed by atoms with van der Waals surface area (Å²) in [5.74, 6) is 0.0799. The lowest BCUT2D eigenvalue weighted by molar-refractivity contribution is -0.553. The van der Waals surface area contributed by atoms with Gasteiger partial charge < -0.3 is 0 Å². The number of rotatable bonds is 1. The van der Waals surface area contributed by atoms with Crippen molar-refractivity contribution in [1.82, 2.24) is 5.43 Å². The number of hydrogen-bond donors (Lipinski definition) is 1. The van der Waals surface area contributed by atoms with Crippen molar-refractivity contribution in [2.45, 2.75) is 6.42 Å². The molecule has 0 spiro atoms. The van der Waals surface area contributed by atoms with E-state index in [1.807, 2.05) is 35.2 Å². The van der Waals surface area contributed by atoms with Gasteiger partial charge in [-0.2, -0.15) is 0 Å². The second-order valence-corrected chi connectivity index (χ2v) is 4.08. The summed E-state index contributed by atoms with van der Waals surface area (Å²) in [6, 6.07) is 7.94. The van der Waals surface area contributed by atoms with Gasteiger partial charge in [0.05, 0.1) is 6.42 Å². The van der Waals surface area contributed by atoms with Crippen LogP contribution in [-0.4, -0.2) is 23.4 Å². The SMILES string of the molecule is O=C1CC/[N+](=C/c2cccc(Br)c2)N1. The van der Waals surface area contributed by atoms with E-state index >= 15 is 0 Å². The molecule has 1 aromatic carbocycles. The number of hydrazine groups is 1. The molecule has 3 nitrogen and oxygen atoms in total. The fraction of sp³-hybridized carbons (Fsp3) is 0.200. The second kappa shape index (κ2) is 3.92. The third-order valence-corrected chi connectivity index (χ3v) is 2.49. The molecule has 0 unspecified atom stereocenters. The van der Waals surface area contributed by atoms with E-state index < -0.39 is 0 Å². The first-order valence-corrected chi connectivity index (χ1v) is 5.20. The fourth-order valence-corrected chi connectivity index (χ4v) is 1.77. The number of amides is 1. The van der Waals surface area contributed by atoms with Crippen LogP contribution in [-0.2, 0) is 4.79 Å². The van der Waals surface area contributed by atoms with Crippen LogP contribution in [0, 0.1) is 0 Å². The topological polar surface area (TPSA) is 32.1 Å². The molecule has 0 aromatic heterocycles. The van der Waals surface area contributed by atoms with Crippen LogP contribution >= 0.6 is 15.9 Å². The Hall–Kier alpha value is -1.16. The molecular formula is C10H10BrN2O+. The van der Waals surface area contributed by atoms with E-state index in [1.54, 1.807) is 0 Å². The number of nitrogens with zero attached hydrogens (tertiary/aromatic N) is 1. The van der Waals surface area contributed by atoms with Crippen molar-refractivity contribution in [1.29, 1.82) is 0 Å². The smallest absolute Gasteiger partial charge is 0.269 e. The molecule has 4 heteroatoms. The van der Waals surface area contributed by atoms with E-state index in [9.17, 15) is 4.79 Å². The highest BCUT2D eigenvalue weighted by atomic mass is 79.9. The summed E-state index contributed by atoms with van der Waals surface area (Å²) in [6.45, 7) is 0.741. The third kappa shape index (κ3) is 2.20. The van der Waals surface area contributed by atoms with E-state index in [0.717, 1.165) is 16.6 Å². The first-order valence-electron chi connectivity index (χ1n) is 4.40. The molecule has 1 amide bonds. The average Bonchev–Trinajstić information content (AvgIpc) is 2.51. The number of nitrogens with one attached hydrogen (secondary N) is 1. The van der Waals surface area contributed by atoms with Gasteiger partial charge in [0.15, 0.2) is 6.54 Å². The predicted octanol–water partition coefficient (Wildman–Crippen LogP) is 1.32. The highest BCUT2D eigenvalue weighted by molar-refractivity contribution is 9.10. The maximum absolute atomic E-state index is 10.9. The molecule has 1 N–H and O–H groups in total. The first kappa shape index (κ1) is 9.40. The summed E-state index contributed by atoms with van der Waals surface area (Å²) in [5, 5.41) is 0. The first-order chi connectivity index (χ1) is 6.74. The maximum Gasteiger partial charge on any atom is 0.280 e. The largest absolute Gasteiger partial charge is 0.280 e.